The Hall–Kier alpha value is -1.66. The number of carbonyl (C=O) groups excluding carboxylic acids is 1. The molecule has 2 aliphatic heterocycles. The normalized spacial score (nSPS) is 24.8. The second kappa shape index (κ2) is 6.33. The summed E-state index contributed by atoms with van der Waals surface area (Å²) in [5, 5.41) is 6.25. The summed E-state index contributed by atoms with van der Waals surface area (Å²) in [5.74, 6) is 0.214. The van der Waals surface area contributed by atoms with Gasteiger partial charge in [0.1, 0.15) is 0 Å². The van der Waals surface area contributed by atoms with Crippen molar-refractivity contribution < 1.29 is 4.79 Å². The number of rotatable bonds is 3. The van der Waals surface area contributed by atoms with Gasteiger partial charge >= 0.3 is 0 Å². The van der Waals surface area contributed by atoms with E-state index in [-0.39, 0.29) is 11.3 Å². The second-order valence-electron chi connectivity index (χ2n) is 7.29. The molecule has 0 aliphatic carbocycles. The number of hydrogen-bond donors (Lipinski definition) is 0. The van der Waals surface area contributed by atoms with Crippen LogP contribution in [-0.2, 0) is 13.6 Å². The number of likely N-dealkylation sites (tertiary alicyclic amines) is 2. The first kappa shape index (κ1) is 15.8. The zero-order valence-electron chi connectivity index (χ0n) is 14.1. The molecule has 4 rings (SSSR count). The molecule has 6 heteroatoms. The van der Waals surface area contributed by atoms with Crippen molar-refractivity contribution in [2.75, 3.05) is 26.2 Å². The highest BCUT2D eigenvalue weighted by Crippen LogP contribution is 2.40. The van der Waals surface area contributed by atoms with Crippen LogP contribution in [0.2, 0.25) is 0 Å². The van der Waals surface area contributed by atoms with E-state index in [1.165, 1.54) is 18.4 Å². The van der Waals surface area contributed by atoms with Gasteiger partial charge in [0.25, 0.3) is 5.91 Å². The van der Waals surface area contributed by atoms with Crippen LogP contribution in [0.25, 0.3) is 0 Å². The van der Waals surface area contributed by atoms with Gasteiger partial charge in [0.2, 0.25) is 0 Å². The van der Waals surface area contributed by atoms with E-state index in [2.05, 4.69) is 21.1 Å². The summed E-state index contributed by atoms with van der Waals surface area (Å²) in [6, 6.07) is 3.90. The average molecular weight is 344 g/mol. The predicted molar refractivity (Wildman–Crippen MR) is 95.0 cm³/mol. The van der Waals surface area contributed by atoms with E-state index in [9.17, 15) is 4.79 Å². The van der Waals surface area contributed by atoms with Gasteiger partial charge in [-0.25, -0.2) is 0 Å². The maximum Gasteiger partial charge on any atom is 0.263 e. The summed E-state index contributed by atoms with van der Waals surface area (Å²) in [5.41, 5.74) is 1.56. The van der Waals surface area contributed by atoms with Crippen molar-refractivity contribution in [1.29, 1.82) is 0 Å². The molecular formula is C18H24N4OS. The Kier molecular flexibility index (Phi) is 4.18. The number of piperidine rings is 1. The van der Waals surface area contributed by atoms with Gasteiger partial charge in [-0.3, -0.25) is 14.4 Å². The third-order valence-corrected chi connectivity index (χ3v) is 6.22. The van der Waals surface area contributed by atoms with Crippen molar-refractivity contribution in [3.8, 4) is 0 Å². The first-order chi connectivity index (χ1) is 11.6. The fraction of sp³-hybridized carbons (Fsp3) is 0.556. The highest BCUT2D eigenvalue weighted by atomic mass is 32.1. The minimum absolute atomic E-state index is 0.214. The van der Waals surface area contributed by atoms with Gasteiger partial charge in [-0.15, -0.1) is 11.3 Å². The minimum Gasteiger partial charge on any atom is -0.337 e. The Balaban J connectivity index is 1.41. The summed E-state index contributed by atoms with van der Waals surface area (Å²) in [6.45, 7) is 5.02. The first-order valence-electron chi connectivity index (χ1n) is 8.66. The van der Waals surface area contributed by atoms with E-state index in [4.69, 9.17) is 0 Å². The lowest BCUT2D eigenvalue weighted by molar-refractivity contribution is 0.0679. The number of thiophene rings is 1. The van der Waals surface area contributed by atoms with Crippen molar-refractivity contribution in [1.82, 2.24) is 19.6 Å². The fourth-order valence-electron chi connectivity index (χ4n) is 4.25. The van der Waals surface area contributed by atoms with Crippen LogP contribution in [0.5, 0.6) is 0 Å². The first-order valence-corrected chi connectivity index (χ1v) is 9.54. The number of amides is 1. The van der Waals surface area contributed by atoms with Crippen molar-refractivity contribution in [3.05, 3.63) is 40.3 Å². The summed E-state index contributed by atoms with van der Waals surface area (Å²) in [7, 11) is 1.96. The van der Waals surface area contributed by atoms with Gasteiger partial charge in [0.05, 0.1) is 11.1 Å². The zero-order valence-corrected chi connectivity index (χ0v) is 15.0. The molecule has 2 saturated heterocycles. The van der Waals surface area contributed by atoms with Crippen LogP contribution < -0.4 is 0 Å². The van der Waals surface area contributed by atoms with Crippen LogP contribution in [0.1, 0.15) is 34.5 Å². The number of nitrogens with zero attached hydrogens (tertiary/aromatic N) is 4. The molecule has 2 aliphatic rings. The maximum atomic E-state index is 12.6. The highest BCUT2D eigenvalue weighted by Gasteiger charge is 2.42. The van der Waals surface area contributed by atoms with Gasteiger partial charge in [-0.05, 0) is 37.3 Å². The Morgan fingerprint density at radius 2 is 2.25 bits per heavy atom. The summed E-state index contributed by atoms with van der Waals surface area (Å²) < 4.78 is 1.87. The van der Waals surface area contributed by atoms with Crippen LogP contribution in [0.4, 0.5) is 0 Å². The molecule has 0 saturated carbocycles. The zero-order chi connectivity index (χ0) is 16.6. The molecule has 2 aromatic rings. The Morgan fingerprint density at radius 3 is 3.00 bits per heavy atom. The van der Waals surface area contributed by atoms with Gasteiger partial charge in [0, 0.05) is 50.4 Å². The van der Waals surface area contributed by atoms with E-state index < -0.39 is 0 Å². The molecule has 5 nitrogen and oxygen atoms in total. The maximum absolute atomic E-state index is 12.6. The van der Waals surface area contributed by atoms with Gasteiger partial charge in [-0.2, -0.15) is 5.10 Å². The Labute approximate surface area is 146 Å². The smallest absolute Gasteiger partial charge is 0.263 e. The molecule has 2 aromatic heterocycles. The van der Waals surface area contributed by atoms with E-state index in [1.54, 1.807) is 11.3 Å². The van der Waals surface area contributed by atoms with Crippen molar-refractivity contribution in [2.45, 2.75) is 25.8 Å². The van der Waals surface area contributed by atoms with E-state index in [1.807, 2.05) is 35.4 Å². The largest absolute Gasteiger partial charge is 0.337 e. The van der Waals surface area contributed by atoms with E-state index in [0.717, 1.165) is 44.0 Å². The van der Waals surface area contributed by atoms with Crippen molar-refractivity contribution in [2.24, 2.45) is 12.5 Å². The van der Waals surface area contributed by atoms with E-state index in [0.29, 0.717) is 0 Å². The number of hydrogen-bond acceptors (Lipinski definition) is 4. The highest BCUT2D eigenvalue weighted by molar-refractivity contribution is 7.12. The molecule has 2 fully saturated rings. The van der Waals surface area contributed by atoms with Gasteiger partial charge in [-0.1, -0.05) is 6.07 Å². The topological polar surface area (TPSA) is 41.4 Å². The van der Waals surface area contributed by atoms with E-state index >= 15 is 0 Å². The van der Waals surface area contributed by atoms with Gasteiger partial charge < -0.3 is 4.90 Å². The standard InChI is InChI=1S/C18H24N4OS/c1-20-11-15(10-19-20)12-21-7-3-5-18(13-21)6-8-22(14-18)17(23)16-4-2-9-24-16/h2,4,9-11H,3,5-8,12-14H2,1H3/t18-/m1/s1. The molecule has 1 atom stereocenters. The quantitative estimate of drug-likeness (QED) is 0.859. The average Bonchev–Trinajstić information content (AvgIpc) is 3.29. The molecule has 4 heterocycles. The Bertz CT molecular complexity index is 710. The van der Waals surface area contributed by atoms with Crippen LogP contribution in [0.3, 0.4) is 0 Å². The van der Waals surface area contributed by atoms with Crippen LogP contribution in [-0.4, -0.2) is 51.7 Å². The summed E-state index contributed by atoms with van der Waals surface area (Å²) >= 11 is 1.55. The van der Waals surface area contributed by atoms with Crippen LogP contribution in [0, 0.1) is 5.41 Å². The monoisotopic (exact) mass is 344 g/mol. The number of aryl methyl sites for hydroxylation is 1. The van der Waals surface area contributed by atoms with Crippen molar-refractivity contribution >= 4 is 17.2 Å². The van der Waals surface area contributed by atoms with Crippen LogP contribution >= 0.6 is 11.3 Å². The predicted octanol–water partition coefficient (Wildman–Crippen LogP) is 2.61. The molecule has 24 heavy (non-hydrogen) atoms. The summed E-state index contributed by atoms with van der Waals surface area (Å²) in [4.78, 5) is 18.1. The Morgan fingerprint density at radius 1 is 1.33 bits per heavy atom. The molecule has 1 spiro atoms. The van der Waals surface area contributed by atoms with Crippen LogP contribution in [0.15, 0.2) is 29.9 Å². The molecule has 1 amide bonds. The molecule has 128 valence electrons. The second-order valence-corrected chi connectivity index (χ2v) is 8.24. The molecule has 0 radical (unpaired) electrons. The minimum atomic E-state index is 0.214. The molecular weight excluding hydrogens is 320 g/mol. The summed E-state index contributed by atoms with van der Waals surface area (Å²) in [6.07, 6.45) is 7.66. The number of aromatic nitrogens is 2. The molecule has 0 unspecified atom stereocenters. The molecule has 0 N–H and O–H groups in total. The lowest BCUT2D eigenvalue weighted by atomic mass is 9.79. The van der Waals surface area contributed by atoms with Gasteiger partial charge in [0.15, 0.2) is 0 Å². The lowest BCUT2D eigenvalue weighted by Crippen LogP contribution is -2.44. The lowest BCUT2D eigenvalue weighted by Gasteiger charge is -2.40. The SMILES string of the molecule is Cn1cc(CN2CCC[C@@]3(CCN(C(=O)c4cccs4)C3)C2)cn1. The molecule has 0 aromatic carbocycles. The third kappa shape index (κ3) is 3.13. The third-order valence-electron chi connectivity index (χ3n) is 5.36. The molecule has 0 bridgehead atoms. The van der Waals surface area contributed by atoms with Crippen molar-refractivity contribution in [3.63, 3.8) is 0 Å². The fourth-order valence-corrected chi connectivity index (χ4v) is 4.95. The number of carbonyl (C=O) groups is 1.